The molecular weight excluding hydrogens is 396 g/mol. The van der Waals surface area contributed by atoms with Crippen molar-refractivity contribution in [2.24, 2.45) is 0 Å². The van der Waals surface area contributed by atoms with Crippen LogP contribution in [-0.2, 0) is 16.1 Å². The number of rotatable bonds is 5. The average molecular weight is 427 g/mol. The molecule has 0 bridgehead atoms. The average Bonchev–Trinajstić information content (AvgIpc) is 3.03. The number of ether oxygens (including phenoxy) is 1. The lowest BCUT2D eigenvalue weighted by Gasteiger charge is -2.36. The van der Waals surface area contributed by atoms with Crippen molar-refractivity contribution in [1.82, 2.24) is 14.7 Å². The number of carbonyl (C=O) groups is 2. The molecule has 0 unspecified atom stereocenters. The Bertz CT molecular complexity index is 833. The number of benzene rings is 1. The van der Waals surface area contributed by atoms with Gasteiger partial charge in [-0.3, -0.25) is 14.6 Å². The summed E-state index contributed by atoms with van der Waals surface area (Å²) in [6, 6.07) is 9.19. The van der Waals surface area contributed by atoms with Crippen LogP contribution in [0, 0.1) is 11.3 Å². The molecule has 31 heavy (non-hydrogen) atoms. The second kappa shape index (κ2) is 9.67. The molecule has 3 fully saturated rings. The van der Waals surface area contributed by atoms with Crippen LogP contribution >= 0.6 is 0 Å². The molecule has 0 spiro atoms. The largest absolute Gasteiger partial charge is 0.465 e. The molecule has 1 N–H and O–H groups in total. The number of amides is 2. The van der Waals surface area contributed by atoms with Gasteiger partial charge in [-0.05, 0) is 37.0 Å². The van der Waals surface area contributed by atoms with E-state index in [1.54, 1.807) is 12.1 Å². The maximum absolute atomic E-state index is 13.2. The molecule has 8 heteroatoms. The second-order valence-electron chi connectivity index (χ2n) is 8.73. The zero-order valence-electron chi connectivity index (χ0n) is 17.8. The van der Waals surface area contributed by atoms with Crippen LogP contribution in [0.25, 0.3) is 0 Å². The van der Waals surface area contributed by atoms with Gasteiger partial charge >= 0.3 is 6.09 Å². The molecular formula is C23H30N4O4. The van der Waals surface area contributed by atoms with Crippen LogP contribution in [0.5, 0.6) is 0 Å². The van der Waals surface area contributed by atoms with Gasteiger partial charge in [0.25, 0.3) is 0 Å². The fraction of sp³-hybridized carbons (Fsp3) is 0.609. The Morgan fingerprint density at radius 3 is 2.52 bits per heavy atom. The first-order valence-electron chi connectivity index (χ1n) is 11.2. The number of nitriles is 1. The van der Waals surface area contributed by atoms with E-state index in [1.165, 1.54) is 24.2 Å². The molecule has 0 radical (unpaired) electrons. The molecule has 1 aromatic rings. The maximum Gasteiger partial charge on any atom is 0.408 e. The zero-order chi connectivity index (χ0) is 21.8. The van der Waals surface area contributed by atoms with E-state index in [2.05, 4.69) is 11.0 Å². The minimum absolute atomic E-state index is 0.0951. The van der Waals surface area contributed by atoms with Gasteiger partial charge in [0.05, 0.1) is 30.9 Å². The molecule has 1 aromatic carbocycles. The minimum Gasteiger partial charge on any atom is -0.465 e. The zero-order valence-corrected chi connectivity index (χ0v) is 17.8. The predicted octanol–water partition coefficient (Wildman–Crippen LogP) is 2.28. The van der Waals surface area contributed by atoms with Crippen molar-refractivity contribution < 1.29 is 19.4 Å². The third-order valence-corrected chi connectivity index (χ3v) is 6.80. The number of carbonyl (C=O) groups excluding carboxylic acids is 1. The van der Waals surface area contributed by atoms with Crippen LogP contribution in [-0.4, -0.2) is 82.7 Å². The normalized spacial score (nSPS) is 25.0. The van der Waals surface area contributed by atoms with Crippen molar-refractivity contribution in [2.45, 2.75) is 56.9 Å². The van der Waals surface area contributed by atoms with E-state index >= 15 is 0 Å². The number of carboxylic acid groups (broad SMARTS) is 1. The smallest absolute Gasteiger partial charge is 0.408 e. The van der Waals surface area contributed by atoms with Gasteiger partial charge in [0.1, 0.15) is 6.04 Å². The summed E-state index contributed by atoms with van der Waals surface area (Å²) in [5, 5.41) is 18.6. The van der Waals surface area contributed by atoms with Crippen molar-refractivity contribution in [3.63, 3.8) is 0 Å². The summed E-state index contributed by atoms with van der Waals surface area (Å²) in [6.45, 7) is 3.75. The monoisotopic (exact) mass is 426 g/mol. The highest BCUT2D eigenvalue weighted by molar-refractivity contribution is 5.86. The van der Waals surface area contributed by atoms with E-state index in [9.17, 15) is 14.7 Å². The first-order valence-corrected chi connectivity index (χ1v) is 11.2. The van der Waals surface area contributed by atoms with Gasteiger partial charge in [-0.2, -0.15) is 5.26 Å². The standard InChI is InChI=1S/C23H30N4O4/c24-14-17-5-7-18(8-6-17)16-31-20-13-21(27(15-20)23(29)30)22(28)26-10-2-9-25(11-12-26)19-3-1-4-19/h5-8,19-21H,1-4,9-13,15-16H2,(H,29,30)/t20-,21+/m0/s1. The molecule has 2 saturated heterocycles. The number of hydrogen-bond donors (Lipinski definition) is 1. The van der Waals surface area contributed by atoms with E-state index in [4.69, 9.17) is 10.00 Å². The van der Waals surface area contributed by atoms with E-state index in [-0.39, 0.29) is 18.6 Å². The van der Waals surface area contributed by atoms with Crippen molar-refractivity contribution in [3.8, 4) is 6.07 Å². The Kier molecular flexibility index (Phi) is 6.73. The first-order chi connectivity index (χ1) is 15.0. The van der Waals surface area contributed by atoms with Gasteiger partial charge in [-0.1, -0.05) is 18.6 Å². The highest BCUT2D eigenvalue weighted by Crippen LogP contribution is 2.27. The Morgan fingerprint density at radius 1 is 1.10 bits per heavy atom. The molecule has 2 amide bonds. The van der Waals surface area contributed by atoms with Crippen LogP contribution < -0.4 is 0 Å². The van der Waals surface area contributed by atoms with Crippen LogP contribution in [0.4, 0.5) is 4.79 Å². The van der Waals surface area contributed by atoms with Gasteiger partial charge in [0, 0.05) is 38.6 Å². The van der Waals surface area contributed by atoms with Gasteiger partial charge in [-0.15, -0.1) is 0 Å². The highest BCUT2D eigenvalue weighted by Gasteiger charge is 2.42. The van der Waals surface area contributed by atoms with E-state index in [0.717, 1.165) is 25.1 Å². The summed E-state index contributed by atoms with van der Waals surface area (Å²) in [5.41, 5.74) is 1.50. The molecule has 2 atom stereocenters. The molecule has 166 valence electrons. The number of likely N-dealkylation sites (tertiary alicyclic amines) is 1. The van der Waals surface area contributed by atoms with Gasteiger partial charge in [0.2, 0.25) is 5.91 Å². The summed E-state index contributed by atoms with van der Waals surface area (Å²) >= 11 is 0. The third-order valence-electron chi connectivity index (χ3n) is 6.80. The lowest BCUT2D eigenvalue weighted by atomic mass is 9.91. The number of hydrogen-bond acceptors (Lipinski definition) is 5. The quantitative estimate of drug-likeness (QED) is 0.776. The van der Waals surface area contributed by atoms with E-state index in [0.29, 0.717) is 37.7 Å². The Morgan fingerprint density at radius 2 is 1.87 bits per heavy atom. The molecule has 1 aliphatic carbocycles. The topological polar surface area (TPSA) is 97.1 Å². The lowest BCUT2D eigenvalue weighted by Crippen LogP contribution is -2.49. The van der Waals surface area contributed by atoms with Crippen molar-refractivity contribution in [2.75, 3.05) is 32.7 Å². The van der Waals surface area contributed by atoms with Crippen molar-refractivity contribution in [3.05, 3.63) is 35.4 Å². The fourth-order valence-corrected chi connectivity index (χ4v) is 4.74. The second-order valence-corrected chi connectivity index (χ2v) is 8.73. The molecule has 8 nitrogen and oxygen atoms in total. The Hall–Kier alpha value is -2.63. The van der Waals surface area contributed by atoms with E-state index in [1.807, 2.05) is 17.0 Å². The molecule has 4 rings (SSSR count). The Balaban J connectivity index is 1.34. The molecule has 1 saturated carbocycles. The highest BCUT2D eigenvalue weighted by atomic mass is 16.5. The predicted molar refractivity (Wildman–Crippen MR) is 113 cm³/mol. The summed E-state index contributed by atoms with van der Waals surface area (Å²) in [6.07, 6.45) is 3.71. The SMILES string of the molecule is N#Cc1ccc(CO[C@H]2C[C@H](C(=O)N3CCCN(C4CCC4)CC3)N(C(=O)O)C2)cc1. The summed E-state index contributed by atoms with van der Waals surface area (Å²) in [5.74, 6) is -0.0951. The van der Waals surface area contributed by atoms with Gasteiger partial charge < -0.3 is 14.7 Å². The van der Waals surface area contributed by atoms with Crippen molar-refractivity contribution in [1.29, 1.82) is 5.26 Å². The van der Waals surface area contributed by atoms with Gasteiger partial charge in [-0.25, -0.2) is 4.79 Å². The Labute approximate surface area is 183 Å². The van der Waals surface area contributed by atoms with Crippen LogP contribution in [0.1, 0.15) is 43.2 Å². The maximum atomic E-state index is 13.2. The van der Waals surface area contributed by atoms with Crippen LogP contribution in [0.3, 0.4) is 0 Å². The van der Waals surface area contributed by atoms with Crippen molar-refractivity contribution >= 4 is 12.0 Å². The summed E-state index contributed by atoms with van der Waals surface area (Å²) in [4.78, 5) is 30.6. The molecule has 2 aliphatic heterocycles. The first kappa shape index (κ1) is 21.6. The minimum atomic E-state index is -1.08. The molecule has 2 heterocycles. The summed E-state index contributed by atoms with van der Waals surface area (Å²) < 4.78 is 5.94. The number of nitrogens with zero attached hydrogens (tertiary/aromatic N) is 4. The molecule has 0 aromatic heterocycles. The third kappa shape index (κ3) is 5.00. The van der Waals surface area contributed by atoms with Crippen LogP contribution in [0.2, 0.25) is 0 Å². The van der Waals surface area contributed by atoms with E-state index < -0.39 is 12.1 Å². The van der Waals surface area contributed by atoms with Gasteiger partial charge in [0.15, 0.2) is 0 Å². The summed E-state index contributed by atoms with van der Waals surface area (Å²) in [7, 11) is 0. The lowest BCUT2D eigenvalue weighted by molar-refractivity contribution is -0.135. The molecule has 3 aliphatic rings. The fourth-order valence-electron chi connectivity index (χ4n) is 4.74. The van der Waals surface area contributed by atoms with Crippen LogP contribution in [0.15, 0.2) is 24.3 Å².